The monoisotopic (exact) mass is 322 g/mol. The van der Waals surface area contributed by atoms with E-state index in [1.165, 1.54) is 18.2 Å². The van der Waals surface area contributed by atoms with Gasteiger partial charge in [-0.25, -0.2) is 9.18 Å². The lowest BCUT2D eigenvalue weighted by atomic mass is 9.76. The lowest BCUT2D eigenvalue weighted by Crippen LogP contribution is -2.41. The summed E-state index contributed by atoms with van der Waals surface area (Å²) in [6.07, 6.45) is 0. The Morgan fingerprint density at radius 3 is 2.13 bits per heavy atom. The molecule has 1 aromatic rings. The third kappa shape index (κ3) is 3.75. The number of halogens is 1. The molecule has 1 heterocycles. The van der Waals surface area contributed by atoms with Gasteiger partial charge in [0, 0.05) is 0 Å². The molecule has 0 radical (unpaired) electrons. The van der Waals surface area contributed by atoms with E-state index < -0.39 is 35.7 Å². The van der Waals surface area contributed by atoms with Crippen LogP contribution >= 0.6 is 0 Å². The molecule has 1 fully saturated rings. The Hall–Kier alpha value is -1.40. The summed E-state index contributed by atoms with van der Waals surface area (Å²) in [7, 11) is -0.821. The van der Waals surface area contributed by atoms with Gasteiger partial charge in [-0.05, 0) is 72.1 Å². The van der Waals surface area contributed by atoms with Crippen LogP contribution in [0.4, 0.5) is 4.39 Å². The van der Waals surface area contributed by atoms with Crippen molar-refractivity contribution in [3.05, 3.63) is 29.6 Å². The van der Waals surface area contributed by atoms with Crippen LogP contribution in [0.3, 0.4) is 0 Å². The molecule has 0 amide bonds. The number of ether oxygens (including phenoxy) is 1. The minimum absolute atomic E-state index is 0.250. The first-order valence-corrected chi connectivity index (χ1v) is 7.71. The molecule has 1 aromatic carbocycles. The van der Waals surface area contributed by atoms with Gasteiger partial charge in [0.1, 0.15) is 11.4 Å². The van der Waals surface area contributed by atoms with Gasteiger partial charge in [-0.1, -0.05) is 0 Å². The molecular formula is C17H24BFO4. The molecular weight excluding hydrogens is 298 g/mol. The molecule has 0 aromatic heterocycles. The summed E-state index contributed by atoms with van der Waals surface area (Å²) in [5.74, 6) is -0.982. The quantitative estimate of drug-likeness (QED) is 0.620. The zero-order chi connectivity index (χ0) is 17.6. The van der Waals surface area contributed by atoms with E-state index in [1.807, 2.05) is 27.7 Å². The van der Waals surface area contributed by atoms with Crippen molar-refractivity contribution in [3.63, 3.8) is 0 Å². The van der Waals surface area contributed by atoms with Gasteiger partial charge in [0.2, 0.25) is 0 Å². The van der Waals surface area contributed by atoms with E-state index in [0.29, 0.717) is 5.46 Å². The standard InChI is InChI=1S/C17H24BFO4/c1-15(2,3)21-14(20)12-9-8-11(19)10-13(12)18-22-16(4,5)17(6,7)23-18/h8-10H,1-7H3. The number of hydrogen-bond donors (Lipinski definition) is 0. The molecule has 4 nitrogen and oxygen atoms in total. The molecule has 0 unspecified atom stereocenters. The molecule has 0 bridgehead atoms. The highest BCUT2D eigenvalue weighted by Crippen LogP contribution is 2.36. The van der Waals surface area contributed by atoms with Crippen molar-refractivity contribution >= 4 is 18.6 Å². The zero-order valence-corrected chi connectivity index (χ0v) is 14.8. The van der Waals surface area contributed by atoms with E-state index in [2.05, 4.69) is 0 Å². The van der Waals surface area contributed by atoms with Crippen molar-refractivity contribution in [2.24, 2.45) is 0 Å². The van der Waals surface area contributed by atoms with Crippen molar-refractivity contribution in [1.82, 2.24) is 0 Å². The Kier molecular flexibility index (Phi) is 4.37. The van der Waals surface area contributed by atoms with Crippen LogP contribution in [0.1, 0.15) is 58.8 Å². The maximum atomic E-state index is 13.7. The molecule has 0 spiro atoms. The van der Waals surface area contributed by atoms with Crippen molar-refractivity contribution in [2.45, 2.75) is 65.3 Å². The van der Waals surface area contributed by atoms with Crippen LogP contribution in [-0.4, -0.2) is 29.9 Å². The van der Waals surface area contributed by atoms with Crippen LogP contribution in [0, 0.1) is 5.82 Å². The van der Waals surface area contributed by atoms with Crippen LogP contribution < -0.4 is 5.46 Å². The number of benzene rings is 1. The smallest absolute Gasteiger partial charge is 0.456 e. The first-order chi connectivity index (χ1) is 10.3. The lowest BCUT2D eigenvalue weighted by molar-refractivity contribution is 0.00578. The third-order valence-electron chi connectivity index (χ3n) is 4.14. The summed E-state index contributed by atoms with van der Waals surface area (Å²) in [4.78, 5) is 12.4. The molecule has 1 saturated heterocycles. The highest BCUT2D eigenvalue weighted by Gasteiger charge is 2.52. The average Bonchev–Trinajstić information content (AvgIpc) is 2.56. The van der Waals surface area contributed by atoms with Gasteiger partial charge < -0.3 is 14.0 Å². The SMILES string of the molecule is CC(C)(C)OC(=O)c1ccc(F)cc1B1OC(C)(C)C(C)(C)O1. The van der Waals surface area contributed by atoms with Crippen molar-refractivity contribution < 1.29 is 23.2 Å². The van der Waals surface area contributed by atoms with Gasteiger partial charge in [0.25, 0.3) is 0 Å². The van der Waals surface area contributed by atoms with E-state index >= 15 is 0 Å². The van der Waals surface area contributed by atoms with Gasteiger partial charge in [-0.3, -0.25) is 0 Å². The second kappa shape index (κ2) is 5.60. The molecule has 6 heteroatoms. The molecule has 0 aliphatic carbocycles. The summed E-state index contributed by atoms with van der Waals surface area (Å²) in [6, 6.07) is 3.90. The fourth-order valence-corrected chi connectivity index (χ4v) is 2.22. The summed E-state index contributed by atoms with van der Waals surface area (Å²) in [5.41, 5.74) is -1.19. The van der Waals surface area contributed by atoms with E-state index in [0.717, 1.165) is 0 Å². The first kappa shape index (κ1) is 18.0. The number of rotatable bonds is 2. The fourth-order valence-electron chi connectivity index (χ4n) is 2.22. The first-order valence-electron chi connectivity index (χ1n) is 7.71. The molecule has 0 N–H and O–H groups in total. The van der Waals surface area contributed by atoms with Crippen LogP contribution in [0.5, 0.6) is 0 Å². The van der Waals surface area contributed by atoms with Gasteiger partial charge in [-0.2, -0.15) is 0 Å². The van der Waals surface area contributed by atoms with Gasteiger partial charge >= 0.3 is 13.1 Å². The highest BCUT2D eigenvalue weighted by molar-refractivity contribution is 6.63. The normalized spacial score (nSPS) is 19.7. The number of esters is 1. The summed E-state index contributed by atoms with van der Waals surface area (Å²) in [6.45, 7) is 13.0. The Balaban J connectivity index is 2.40. The summed E-state index contributed by atoms with van der Waals surface area (Å²) >= 11 is 0. The van der Waals surface area contributed by atoms with Crippen LogP contribution in [0.25, 0.3) is 0 Å². The fraction of sp³-hybridized carbons (Fsp3) is 0.588. The Bertz CT molecular complexity index is 604. The van der Waals surface area contributed by atoms with E-state index in [4.69, 9.17) is 14.0 Å². The van der Waals surface area contributed by atoms with Crippen LogP contribution in [-0.2, 0) is 14.0 Å². The minimum atomic E-state index is -0.821. The molecule has 2 rings (SSSR count). The van der Waals surface area contributed by atoms with Gasteiger partial charge in [0.05, 0.1) is 16.8 Å². The second-order valence-electron chi connectivity index (χ2n) is 7.82. The Morgan fingerprint density at radius 2 is 1.65 bits per heavy atom. The topological polar surface area (TPSA) is 44.8 Å². The summed E-state index contributed by atoms with van der Waals surface area (Å²) in [5, 5.41) is 0. The molecule has 1 aliphatic heterocycles. The highest BCUT2D eigenvalue weighted by atomic mass is 19.1. The van der Waals surface area contributed by atoms with Crippen LogP contribution in [0.2, 0.25) is 0 Å². The van der Waals surface area contributed by atoms with E-state index in [-0.39, 0.29) is 5.56 Å². The van der Waals surface area contributed by atoms with Crippen LogP contribution in [0.15, 0.2) is 18.2 Å². The van der Waals surface area contributed by atoms with Gasteiger partial charge in [0.15, 0.2) is 0 Å². The lowest BCUT2D eigenvalue weighted by Gasteiger charge is -2.32. The summed E-state index contributed by atoms with van der Waals surface area (Å²) < 4.78 is 31.0. The molecule has 0 saturated carbocycles. The average molecular weight is 322 g/mol. The van der Waals surface area contributed by atoms with E-state index in [1.54, 1.807) is 20.8 Å². The number of hydrogen-bond acceptors (Lipinski definition) is 4. The zero-order valence-electron chi connectivity index (χ0n) is 14.8. The molecule has 1 aliphatic rings. The molecule has 23 heavy (non-hydrogen) atoms. The number of carbonyl (C=O) groups excluding carboxylic acids is 1. The second-order valence-corrected chi connectivity index (χ2v) is 7.82. The van der Waals surface area contributed by atoms with Crippen molar-refractivity contribution in [3.8, 4) is 0 Å². The largest absolute Gasteiger partial charge is 0.495 e. The minimum Gasteiger partial charge on any atom is -0.456 e. The van der Waals surface area contributed by atoms with Gasteiger partial charge in [-0.15, -0.1) is 0 Å². The maximum Gasteiger partial charge on any atom is 0.495 e. The predicted octanol–water partition coefficient (Wildman–Crippen LogP) is 3.08. The number of carbonyl (C=O) groups is 1. The maximum absolute atomic E-state index is 13.7. The van der Waals surface area contributed by atoms with E-state index in [9.17, 15) is 9.18 Å². The van der Waals surface area contributed by atoms with Crippen molar-refractivity contribution in [2.75, 3.05) is 0 Å². The Morgan fingerprint density at radius 1 is 1.13 bits per heavy atom. The predicted molar refractivity (Wildman–Crippen MR) is 87.3 cm³/mol. The third-order valence-corrected chi connectivity index (χ3v) is 4.14. The Labute approximate surface area is 137 Å². The molecule has 126 valence electrons. The molecule has 0 atom stereocenters. The van der Waals surface area contributed by atoms with Crippen molar-refractivity contribution in [1.29, 1.82) is 0 Å².